The average Bonchev–Trinajstić information content (AvgIpc) is 2.41. The van der Waals surface area contributed by atoms with Crippen LogP contribution in [-0.2, 0) is 0 Å². The smallest absolute Gasteiger partial charge is 0.123 e. The van der Waals surface area contributed by atoms with Crippen LogP contribution in [0.3, 0.4) is 0 Å². The molecule has 1 atom stereocenters. The van der Waals surface area contributed by atoms with Gasteiger partial charge in [-0.1, -0.05) is 35.3 Å². The predicted octanol–water partition coefficient (Wildman–Crippen LogP) is 4.51. The highest BCUT2D eigenvalue weighted by Gasteiger charge is 2.18. The van der Waals surface area contributed by atoms with E-state index in [0.29, 0.717) is 5.92 Å². The first-order valence-electron chi connectivity index (χ1n) is 5.73. The molecule has 0 spiro atoms. The summed E-state index contributed by atoms with van der Waals surface area (Å²) in [5, 5.41) is 0. The van der Waals surface area contributed by atoms with Gasteiger partial charge in [0.2, 0.25) is 0 Å². The lowest BCUT2D eigenvalue weighted by Crippen LogP contribution is -1.97. The number of hydrogen-bond acceptors (Lipinski definition) is 1. The third kappa shape index (κ3) is 2.54. The zero-order chi connectivity index (χ0) is 10.7. The summed E-state index contributed by atoms with van der Waals surface area (Å²) in [7, 11) is 0. The van der Waals surface area contributed by atoms with Crippen molar-refractivity contribution in [3.05, 3.63) is 28.2 Å². The number of ether oxygens (including phenoxy) is 1. The number of rotatable bonds is 2. The molecule has 0 aliphatic carbocycles. The van der Waals surface area contributed by atoms with Gasteiger partial charge in [0.15, 0.2) is 0 Å². The maximum Gasteiger partial charge on any atom is 0.123 e. The van der Waals surface area contributed by atoms with Crippen LogP contribution < -0.4 is 4.74 Å². The molecule has 15 heavy (non-hydrogen) atoms. The number of fused-ring (bicyclic) bond motifs is 1. The summed E-state index contributed by atoms with van der Waals surface area (Å²) in [4.78, 5) is 0. The van der Waals surface area contributed by atoms with Crippen LogP contribution in [0.5, 0.6) is 5.75 Å². The Bertz CT molecular complexity index is 335. The van der Waals surface area contributed by atoms with E-state index in [4.69, 9.17) is 4.74 Å². The maximum atomic E-state index is 5.78. The standard InChI is InChI=1S/C13H17BrO/c1-2-4-10-5-3-8-15-13-9-11(14)6-7-12(10)13/h6-7,9-10H,2-5,8H2,1H3. The van der Waals surface area contributed by atoms with Crippen molar-refractivity contribution in [2.75, 3.05) is 6.61 Å². The fourth-order valence-electron chi connectivity index (χ4n) is 2.29. The molecule has 0 N–H and O–H groups in total. The number of halogens is 1. The minimum Gasteiger partial charge on any atom is -0.493 e. The quantitative estimate of drug-likeness (QED) is 0.767. The Morgan fingerprint density at radius 3 is 3.13 bits per heavy atom. The van der Waals surface area contributed by atoms with Crippen molar-refractivity contribution in [3.8, 4) is 5.75 Å². The van der Waals surface area contributed by atoms with Gasteiger partial charge < -0.3 is 4.74 Å². The fraction of sp³-hybridized carbons (Fsp3) is 0.538. The highest BCUT2D eigenvalue weighted by Crippen LogP contribution is 2.37. The Hall–Kier alpha value is -0.500. The first kappa shape index (κ1) is 11.0. The molecule has 1 unspecified atom stereocenters. The lowest BCUT2D eigenvalue weighted by molar-refractivity contribution is 0.315. The van der Waals surface area contributed by atoms with E-state index >= 15 is 0 Å². The van der Waals surface area contributed by atoms with Crippen molar-refractivity contribution < 1.29 is 4.74 Å². The average molecular weight is 269 g/mol. The summed E-state index contributed by atoms with van der Waals surface area (Å²) in [6, 6.07) is 6.44. The summed E-state index contributed by atoms with van der Waals surface area (Å²) in [5.74, 6) is 1.78. The van der Waals surface area contributed by atoms with Gasteiger partial charge in [-0.05, 0) is 42.9 Å². The van der Waals surface area contributed by atoms with Crippen LogP contribution in [0.25, 0.3) is 0 Å². The summed E-state index contributed by atoms with van der Waals surface area (Å²) in [6.45, 7) is 3.12. The second-order valence-corrected chi connectivity index (χ2v) is 5.07. The molecule has 1 aromatic carbocycles. The monoisotopic (exact) mass is 268 g/mol. The fourth-order valence-corrected chi connectivity index (χ4v) is 2.63. The summed E-state index contributed by atoms with van der Waals surface area (Å²) >= 11 is 3.49. The SMILES string of the molecule is CCCC1CCCOc2cc(Br)ccc21. The van der Waals surface area contributed by atoms with E-state index in [2.05, 4.69) is 41.1 Å². The Labute approximate surface area is 100.0 Å². The molecule has 0 amide bonds. The van der Waals surface area contributed by atoms with E-state index < -0.39 is 0 Å². The second kappa shape index (κ2) is 5.02. The van der Waals surface area contributed by atoms with E-state index in [9.17, 15) is 0 Å². The minimum atomic E-state index is 0.695. The molecule has 1 aromatic rings. The molecule has 1 nitrogen and oxygen atoms in total. The van der Waals surface area contributed by atoms with E-state index in [1.165, 1.54) is 31.2 Å². The number of benzene rings is 1. The second-order valence-electron chi connectivity index (χ2n) is 4.16. The van der Waals surface area contributed by atoms with E-state index in [-0.39, 0.29) is 0 Å². The van der Waals surface area contributed by atoms with Crippen LogP contribution >= 0.6 is 15.9 Å². The van der Waals surface area contributed by atoms with Crippen molar-refractivity contribution in [1.82, 2.24) is 0 Å². The molecule has 1 aliphatic rings. The van der Waals surface area contributed by atoms with Gasteiger partial charge in [-0.25, -0.2) is 0 Å². The Kier molecular flexibility index (Phi) is 3.68. The molecule has 0 bridgehead atoms. The molecule has 0 aromatic heterocycles. The van der Waals surface area contributed by atoms with Crippen molar-refractivity contribution >= 4 is 15.9 Å². The summed E-state index contributed by atoms with van der Waals surface area (Å²) < 4.78 is 6.89. The topological polar surface area (TPSA) is 9.23 Å². The molecule has 0 saturated carbocycles. The molecule has 2 heteroatoms. The molecule has 1 heterocycles. The van der Waals surface area contributed by atoms with Crippen LogP contribution in [0, 0.1) is 0 Å². The molecule has 0 saturated heterocycles. The molecule has 0 radical (unpaired) electrons. The summed E-state index contributed by atoms with van der Waals surface area (Å²) in [6.07, 6.45) is 4.97. The highest BCUT2D eigenvalue weighted by molar-refractivity contribution is 9.10. The predicted molar refractivity (Wildman–Crippen MR) is 66.5 cm³/mol. The lowest BCUT2D eigenvalue weighted by Gasteiger charge is -2.15. The number of hydrogen-bond donors (Lipinski definition) is 0. The van der Waals surface area contributed by atoms with Crippen LogP contribution in [0.2, 0.25) is 0 Å². The van der Waals surface area contributed by atoms with Gasteiger partial charge in [-0.15, -0.1) is 0 Å². The van der Waals surface area contributed by atoms with Gasteiger partial charge in [0.05, 0.1) is 6.61 Å². The zero-order valence-electron chi connectivity index (χ0n) is 9.13. The third-order valence-electron chi connectivity index (χ3n) is 3.01. The van der Waals surface area contributed by atoms with Gasteiger partial charge in [0.1, 0.15) is 5.75 Å². The lowest BCUT2D eigenvalue weighted by atomic mass is 9.90. The minimum absolute atomic E-state index is 0.695. The van der Waals surface area contributed by atoms with E-state index in [1.54, 1.807) is 0 Å². The van der Waals surface area contributed by atoms with Crippen LogP contribution in [0.15, 0.2) is 22.7 Å². The first-order chi connectivity index (χ1) is 7.31. The van der Waals surface area contributed by atoms with Crippen LogP contribution in [0.1, 0.15) is 44.1 Å². The molecule has 2 rings (SSSR count). The zero-order valence-corrected chi connectivity index (χ0v) is 10.7. The largest absolute Gasteiger partial charge is 0.493 e. The third-order valence-corrected chi connectivity index (χ3v) is 3.50. The normalized spacial score (nSPS) is 20.3. The Morgan fingerprint density at radius 1 is 1.47 bits per heavy atom. The Morgan fingerprint density at radius 2 is 2.33 bits per heavy atom. The van der Waals surface area contributed by atoms with Gasteiger partial charge in [0.25, 0.3) is 0 Å². The van der Waals surface area contributed by atoms with Gasteiger partial charge >= 0.3 is 0 Å². The van der Waals surface area contributed by atoms with Crippen LogP contribution in [-0.4, -0.2) is 6.61 Å². The van der Waals surface area contributed by atoms with Crippen LogP contribution in [0.4, 0.5) is 0 Å². The Balaban J connectivity index is 2.32. The summed E-state index contributed by atoms with van der Waals surface area (Å²) in [5.41, 5.74) is 1.40. The van der Waals surface area contributed by atoms with E-state index in [1.807, 2.05) is 0 Å². The van der Waals surface area contributed by atoms with Crippen molar-refractivity contribution in [2.24, 2.45) is 0 Å². The molecular weight excluding hydrogens is 252 g/mol. The van der Waals surface area contributed by atoms with Gasteiger partial charge in [0, 0.05) is 4.47 Å². The molecule has 1 aliphatic heterocycles. The molecule has 82 valence electrons. The molecule has 0 fully saturated rings. The van der Waals surface area contributed by atoms with Crippen molar-refractivity contribution in [3.63, 3.8) is 0 Å². The maximum absolute atomic E-state index is 5.78. The molecular formula is C13H17BrO. The first-order valence-corrected chi connectivity index (χ1v) is 6.53. The van der Waals surface area contributed by atoms with Gasteiger partial charge in [-0.3, -0.25) is 0 Å². The van der Waals surface area contributed by atoms with Crippen molar-refractivity contribution in [2.45, 2.75) is 38.5 Å². The highest BCUT2D eigenvalue weighted by atomic mass is 79.9. The van der Waals surface area contributed by atoms with Crippen molar-refractivity contribution in [1.29, 1.82) is 0 Å². The van der Waals surface area contributed by atoms with Gasteiger partial charge in [-0.2, -0.15) is 0 Å². The van der Waals surface area contributed by atoms with E-state index in [0.717, 1.165) is 16.8 Å².